The van der Waals surface area contributed by atoms with E-state index in [4.69, 9.17) is 11.2 Å². The van der Waals surface area contributed by atoms with Crippen LogP contribution in [0.5, 0.6) is 0 Å². The van der Waals surface area contributed by atoms with Crippen molar-refractivity contribution < 1.29 is 9.53 Å². The van der Waals surface area contributed by atoms with Crippen molar-refractivity contribution in [2.75, 3.05) is 13.2 Å². The molecule has 0 radical (unpaired) electrons. The van der Waals surface area contributed by atoms with Gasteiger partial charge in [0.1, 0.15) is 0 Å². The third-order valence-corrected chi connectivity index (χ3v) is 3.19. The fraction of sp³-hybridized carbons (Fsp3) is 0.750. The topological polar surface area (TPSA) is 50.4 Å². The first kappa shape index (κ1) is 13.0. The monoisotopic (exact) mass is 224 g/mol. The summed E-state index contributed by atoms with van der Waals surface area (Å²) in [5, 5.41) is 5.97. The van der Waals surface area contributed by atoms with Crippen LogP contribution in [-0.2, 0) is 9.53 Å². The molecule has 0 aliphatic carbocycles. The summed E-state index contributed by atoms with van der Waals surface area (Å²) in [6.45, 7) is 6.95. The van der Waals surface area contributed by atoms with Gasteiger partial charge < -0.3 is 10.1 Å². The lowest BCUT2D eigenvalue weighted by Gasteiger charge is -2.31. The van der Waals surface area contributed by atoms with Crippen LogP contribution < -0.4 is 10.6 Å². The number of nitrogens with one attached hydrogen (secondary N) is 2. The van der Waals surface area contributed by atoms with Crippen molar-refractivity contribution in [2.45, 2.75) is 44.9 Å². The van der Waals surface area contributed by atoms with Crippen molar-refractivity contribution in [2.24, 2.45) is 0 Å². The van der Waals surface area contributed by atoms with Gasteiger partial charge >= 0.3 is 0 Å². The zero-order chi connectivity index (χ0) is 12.2. The number of terminal acetylenes is 1. The highest BCUT2D eigenvalue weighted by Crippen LogP contribution is 2.25. The van der Waals surface area contributed by atoms with Crippen molar-refractivity contribution in [3.63, 3.8) is 0 Å². The molecule has 1 rings (SSSR count). The maximum absolute atomic E-state index is 11.6. The fourth-order valence-corrected chi connectivity index (χ4v) is 1.88. The minimum absolute atomic E-state index is 0.0710. The largest absolute Gasteiger partial charge is 0.377 e. The Kier molecular flexibility index (Phi) is 4.34. The van der Waals surface area contributed by atoms with E-state index in [1.54, 1.807) is 0 Å². The van der Waals surface area contributed by atoms with E-state index in [0.29, 0.717) is 0 Å². The van der Waals surface area contributed by atoms with Gasteiger partial charge in [-0.15, -0.1) is 6.42 Å². The van der Waals surface area contributed by atoms with Gasteiger partial charge in [-0.2, -0.15) is 0 Å². The zero-order valence-corrected chi connectivity index (χ0v) is 10.2. The second-order valence-electron chi connectivity index (χ2n) is 4.47. The van der Waals surface area contributed by atoms with Gasteiger partial charge in [0, 0.05) is 12.1 Å². The predicted octanol–water partition coefficient (Wildman–Crippen LogP) is 0.281. The van der Waals surface area contributed by atoms with Gasteiger partial charge in [-0.1, -0.05) is 5.92 Å². The van der Waals surface area contributed by atoms with Gasteiger partial charge in [0.2, 0.25) is 5.91 Å². The van der Waals surface area contributed by atoms with E-state index < -0.39 is 0 Å². The van der Waals surface area contributed by atoms with Crippen molar-refractivity contribution >= 4 is 5.91 Å². The Morgan fingerprint density at radius 2 is 2.44 bits per heavy atom. The maximum Gasteiger partial charge on any atom is 0.237 e. The van der Waals surface area contributed by atoms with Crippen LogP contribution in [0.25, 0.3) is 0 Å². The number of ether oxygens (including phenoxy) is 1. The summed E-state index contributed by atoms with van der Waals surface area (Å²) in [5.41, 5.74) is -0.132. The quantitative estimate of drug-likeness (QED) is 0.674. The van der Waals surface area contributed by atoms with E-state index in [1.165, 1.54) is 0 Å². The van der Waals surface area contributed by atoms with Crippen LogP contribution >= 0.6 is 0 Å². The molecule has 0 spiro atoms. The average Bonchev–Trinajstić information content (AvgIpc) is 2.55. The van der Waals surface area contributed by atoms with E-state index >= 15 is 0 Å². The molecule has 0 aromatic carbocycles. The summed E-state index contributed by atoms with van der Waals surface area (Å²) in [6, 6.07) is -0.262. The minimum Gasteiger partial charge on any atom is -0.377 e. The Labute approximate surface area is 97.1 Å². The summed E-state index contributed by atoms with van der Waals surface area (Å²) in [5.74, 6) is 2.31. The minimum atomic E-state index is -0.262. The molecule has 4 heteroatoms. The highest BCUT2D eigenvalue weighted by atomic mass is 16.5. The lowest BCUT2D eigenvalue weighted by Crippen LogP contribution is -2.56. The van der Waals surface area contributed by atoms with Crippen molar-refractivity contribution in [1.82, 2.24) is 10.6 Å². The number of amides is 1. The molecule has 0 saturated carbocycles. The first-order chi connectivity index (χ1) is 7.49. The smallest absolute Gasteiger partial charge is 0.237 e. The van der Waals surface area contributed by atoms with Crippen LogP contribution in [0, 0.1) is 12.3 Å². The molecule has 1 aliphatic heterocycles. The molecule has 0 bridgehead atoms. The third-order valence-electron chi connectivity index (χ3n) is 3.19. The molecule has 4 nitrogen and oxygen atoms in total. The van der Waals surface area contributed by atoms with E-state index in [1.807, 2.05) is 13.8 Å². The van der Waals surface area contributed by atoms with Crippen molar-refractivity contribution in [3.05, 3.63) is 0 Å². The van der Waals surface area contributed by atoms with E-state index in [0.717, 1.165) is 13.0 Å². The molecule has 1 amide bonds. The molecule has 0 aromatic heterocycles. The average molecular weight is 224 g/mol. The van der Waals surface area contributed by atoms with Crippen molar-refractivity contribution in [3.8, 4) is 12.3 Å². The van der Waals surface area contributed by atoms with E-state index in [9.17, 15) is 4.79 Å². The van der Waals surface area contributed by atoms with E-state index in [2.05, 4.69) is 23.5 Å². The standard InChI is InChI=1S/C12H20N2O2/c1-5-7-13-11(15)9(2)14-12(4)6-8-16-10(12)3/h1,9-10,14H,6-8H2,2-4H3,(H,13,15). The SMILES string of the molecule is C#CCNC(=O)C(C)NC1(C)CCOC1C. The van der Waals surface area contributed by atoms with Crippen LogP contribution in [0.3, 0.4) is 0 Å². The third kappa shape index (κ3) is 2.97. The van der Waals surface area contributed by atoms with Crippen LogP contribution in [0.1, 0.15) is 27.2 Å². The Bertz CT molecular complexity index is 298. The molecular weight excluding hydrogens is 204 g/mol. The first-order valence-electron chi connectivity index (χ1n) is 5.60. The van der Waals surface area contributed by atoms with Gasteiger partial charge in [0.05, 0.1) is 18.7 Å². The first-order valence-corrected chi connectivity index (χ1v) is 5.60. The molecule has 0 aromatic rings. The number of hydrogen-bond acceptors (Lipinski definition) is 3. The molecule has 1 fully saturated rings. The summed E-state index contributed by atoms with van der Waals surface area (Å²) in [6.07, 6.45) is 6.12. The lowest BCUT2D eigenvalue weighted by molar-refractivity contribution is -0.123. The van der Waals surface area contributed by atoms with Gasteiger partial charge in [0.15, 0.2) is 0 Å². The Balaban J connectivity index is 2.47. The van der Waals surface area contributed by atoms with E-state index in [-0.39, 0.29) is 30.1 Å². The fourth-order valence-electron chi connectivity index (χ4n) is 1.88. The second kappa shape index (κ2) is 5.33. The molecule has 1 aliphatic rings. The van der Waals surface area contributed by atoms with Gasteiger partial charge in [-0.05, 0) is 27.2 Å². The molecule has 90 valence electrons. The molecule has 1 saturated heterocycles. The Morgan fingerprint density at radius 3 is 2.94 bits per heavy atom. The maximum atomic E-state index is 11.6. The zero-order valence-electron chi connectivity index (χ0n) is 10.2. The van der Waals surface area contributed by atoms with Gasteiger partial charge in [-0.25, -0.2) is 0 Å². The van der Waals surface area contributed by atoms with Gasteiger partial charge in [0.25, 0.3) is 0 Å². The summed E-state index contributed by atoms with van der Waals surface area (Å²) in [4.78, 5) is 11.6. The van der Waals surface area contributed by atoms with Crippen LogP contribution in [0.2, 0.25) is 0 Å². The van der Waals surface area contributed by atoms with Crippen LogP contribution in [-0.4, -0.2) is 36.7 Å². The normalized spacial score (nSPS) is 30.8. The molecule has 3 atom stereocenters. The summed E-state index contributed by atoms with van der Waals surface area (Å²) >= 11 is 0. The summed E-state index contributed by atoms with van der Waals surface area (Å²) < 4.78 is 5.50. The van der Waals surface area contributed by atoms with Gasteiger partial charge in [-0.3, -0.25) is 10.1 Å². The molecular formula is C12H20N2O2. The Morgan fingerprint density at radius 1 is 1.75 bits per heavy atom. The molecule has 2 N–H and O–H groups in total. The molecule has 3 unspecified atom stereocenters. The lowest BCUT2D eigenvalue weighted by atomic mass is 9.93. The van der Waals surface area contributed by atoms with Crippen LogP contribution in [0.15, 0.2) is 0 Å². The number of rotatable bonds is 4. The number of hydrogen-bond donors (Lipinski definition) is 2. The predicted molar refractivity (Wildman–Crippen MR) is 62.9 cm³/mol. The number of carbonyl (C=O) groups is 1. The second-order valence-corrected chi connectivity index (χ2v) is 4.47. The highest BCUT2D eigenvalue weighted by molar-refractivity contribution is 5.81. The van der Waals surface area contributed by atoms with Crippen LogP contribution in [0.4, 0.5) is 0 Å². The molecule has 16 heavy (non-hydrogen) atoms. The number of carbonyl (C=O) groups excluding carboxylic acids is 1. The van der Waals surface area contributed by atoms with Crippen molar-refractivity contribution in [1.29, 1.82) is 0 Å². The highest BCUT2D eigenvalue weighted by Gasteiger charge is 2.38. The summed E-state index contributed by atoms with van der Waals surface area (Å²) in [7, 11) is 0. The Hall–Kier alpha value is -1.05. The molecule has 1 heterocycles.